The first-order chi connectivity index (χ1) is 8.91. The molecule has 1 aliphatic rings. The fraction of sp³-hybridized carbons (Fsp3) is 0.500. The van der Waals surface area contributed by atoms with Crippen LogP contribution >= 0.6 is 0 Å². The summed E-state index contributed by atoms with van der Waals surface area (Å²) in [6, 6.07) is 3.86. The van der Waals surface area contributed by atoms with E-state index in [2.05, 4.69) is 4.98 Å². The first kappa shape index (κ1) is 13.6. The Morgan fingerprint density at radius 3 is 2.79 bits per heavy atom. The molecule has 19 heavy (non-hydrogen) atoms. The average Bonchev–Trinajstić information content (AvgIpc) is 2.37. The highest BCUT2D eigenvalue weighted by Gasteiger charge is 2.34. The Morgan fingerprint density at radius 1 is 1.47 bits per heavy atom. The Labute approximate surface area is 108 Å². The average molecular weight is 271 g/mol. The number of ether oxygens (including phenoxy) is 1. The summed E-state index contributed by atoms with van der Waals surface area (Å²) in [6.07, 6.45) is -4.61. The summed E-state index contributed by atoms with van der Waals surface area (Å²) in [5, 5.41) is 8.98. The Kier molecular flexibility index (Phi) is 3.62. The standard InChI is InChI=1S/C12H12F3N3O/c1-8-7-18(4-5-19-8)11-9(6-16)2-3-10(17-11)12(13,14)15/h2-3,8H,4-5,7H2,1H3. The van der Waals surface area contributed by atoms with Crippen LogP contribution in [0.5, 0.6) is 0 Å². The highest BCUT2D eigenvalue weighted by Crippen LogP contribution is 2.30. The molecule has 102 valence electrons. The minimum absolute atomic E-state index is 0.0764. The number of nitriles is 1. The van der Waals surface area contributed by atoms with E-state index < -0.39 is 11.9 Å². The molecule has 0 spiro atoms. The third kappa shape index (κ3) is 2.96. The van der Waals surface area contributed by atoms with Gasteiger partial charge in [0, 0.05) is 13.1 Å². The minimum atomic E-state index is -4.51. The summed E-state index contributed by atoms with van der Waals surface area (Å²) in [4.78, 5) is 5.25. The fourth-order valence-electron chi connectivity index (χ4n) is 1.95. The molecule has 1 saturated heterocycles. The van der Waals surface area contributed by atoms with Crippen molar-refractivity contribution in [1.82, 2.24) is 4.98 Å². The van der Waals surface area contributed by atoms with Gasteiger partial charge in [0.1, 0.15) is 17.6 Å². The molecule has 0 N–H and O–H groups in total. The van der Waals surface area contributed by atoms with Crippen molar-refractivity contribution in [3.63, 3.8) is 0 Å². The summed E-state index contributed by atoms with van der Waals surface area (Å²) >= 11 is 0. The zero-order valence-electron chi connectivity index (χ0n) is 10.2. The fourth-order valence-corrected chi connectivity index (χ4v) is 1.95. The van der Waals surface area contributed by atoms with Gasteiger partial charge in [-0.15, -0.1) is 0 Å². The number of hydrogen-bond acceptors (Lipinski definition) is 4. The molecule has 2 heterocycles. The number of rotatable bonds is 1. The van der Waals surface area contributed by atoms with Gasteiger partial charge in [-0.1, -0.05) is 0 Å². The van der Waals surface area contributed by atoms with Crippen LogP contribution in [0.2, 0.25) is 0 Å². The number of alkyl halides is 3. The van der Waals surface area contributed by atoms with Gasteiger partial charge in [-0.2, -0.15) is 18.4 Å². The van der Waals surface area contributed by atoms with Crippen molar-refractivity contribution in [3.05, 3.63) is 23.4 Å². The monoisotopic (exact) mass is 271 g/mol. The molecule has 0 amide bonds. The van der Waals surface area contributed by atoms with Crippen LogP contribution in [-0.4, -0.2) is 30.8 Å². The highest BCUT2D eigenvalue weighted by atomic mass is 19.4. The smallest absolute Gasteiger partial charge is 0.375 e. The lowest BCUT2D eigenvalue weighted by molar-refractivity contribution is -0.141. The number of aromatic nitrogens is 1. The van der Waals surface area contributed by atoms with Crippen LogP contribution in [-0.2, 0) is 10.9 Å². The van der Waals surface area contributed by atoms with Crippen LogP contribution in [0, 0.1) is 11.3 Å². The molecule has 1 aromatic rings. The van der Waals surface area contributed by atoms with E-state index in [1.807, 2.05) is 13.0 Å². The van der Waals surface area contributed by atoms with Gasteiger partial charge in [0.05, 0.1) is 18.3 Å². The van der Waals surface area contributed by atoms with Crippen molar-refractivity contribution in [1.29, 1.82) is 5.26 Å². The SMILES string of the molecule is CC1CN(c2nc(C(F)(F)F)ccc2C#N)CCO1. The van der Waals surface area contributed by atoms with Gasteiger partial charge in [-0.05, 0) is 19.1 Å². The van der Waals surface area contributed by atoms with Crippen molar-refractivity contribution in [2.45, 2.75) is 19.2 Å². The van der Waals surface area contributed by atoms with Crippen LogP contribution in [0.1, 0.15) is 18.2 Å². The Balaban J connectivity index is 2.39. The Morgan fingerprint density at radius 2 is 2.21 bits per heavy atom. The largest absolute Gasteiger partial charge is 0.433 e. The molecule has 0 bridgehead atoms. The molecule has 0 saturated carbocycles. The molecule has 1 unspecified atom stereocenters. The zero-order valence-corrected chi connectivity index (χ0v) is 10.2. The Hall–Kier alpha value is -1.81. The summed E-state index contributed by atoms with van der Waals surface area (Å²) < 4.78 is 43.3. The Bertz CT molecular complexity index is 510. The van der Waals surface area contributed by atoms with Crippen LogP contribution in [0.4, 0.5) is 19.0 Å². The molecule has 0 radical (unpaired) electrons. The molecule has 2 rings (SSSR count). The molecule has 1 aliphatic heterocycles. The molecular weight excluding hydrogens is 259 g/mol. The lowest BCUT2D eigenvalue weighted by Crippen LogP contribution is -2.42. The van der Waals surface area contributed by atoms with E-state index in [4.69, 9.17) is 10.00 Å². The number of hydrogen-bond donors (Lipinski definition) is 0. The van der Waals surface area contributed by atoms with Gasteiger partial charge in [0.2, 0.25) is 0 Å². The van der Waals surface area contributed by atoms with Gasteiger partial charge in [-0.3, -0.25) is 0 Å². The second-order valence-electron chi connectivity index (χ2n) is 4.30. The topological polar surface area (TPSA) is 49.2 Å². The van der Waals surface area contributed by atoms with Crippen molar-refractivity contribution >= 4 is 5.82 Å². The van der Waals surface area contributed by atoms with Gasteiger partial charge >= 0.3 is 6.18 Å². The summed E-state index contributed by atoms with van der Waals surface area (Å²) in [5.41, 5.74) is -0.845. The van der Waals surface area contributed by atoms with E-state index in [1.165, 1.54) is 0 Å². The van der Waals surface area contributed by atoms with Gasteiger partial charge in [0.25, 0.3) is 0 Å². The summed E-state index contributed by atoms with van der Waals surface area (Å²) in [5.74, 6) is 0.0764. The van der Waals surface area contributed by atoms with E-state index in [0.29, 0.717) is 19.7 Å². The van der Waals surface area contributed by atoms with Crippen LogP contribution in [0.3, 0.4) is 0 Å². The van der Waals surface area contributed by atoms with E-state index in [1.54, 1.807) is 4.90 Å². The second kappa shape index (κ2) is 5.05. The molecule has 0 aliphatic carbocycles. The molecule has 1 atom stereocenters. The van der Waals surface area contributed by atoms with E-state index in [0.717, 1.165) is 12.1 Å². The zero-order chi connectivity index (χ0) is 14.0. The van der Waals surface area contributed by atoms with E-state index in [-0.39, 0.29) is 17.5 Å². The van der Waals surface area contributed by atoms with Crippen LogP contribution in [0.25, 0.3) is 0 Å². The maximum Gasteiger partial charge on any atom is 0.433 e. The third-order valence-electron chi connectivity index (χ3n) is 2.83. The molecular formula is C12H12F3N3O. The quantitative estimate of drug-likeness (QED) is 0.785. The van der Waals surface area contributed by atoms with Crippen LogP contribution in [0.15, 0.2) is 12.1 Å². The van der Waals surface area contributed by atoms with Gasteiger partial charge < -0.3 is 9.64 Å². The van der Waals surface area contributed by atoms with E-state index >= 15 is 0 Å². The number of nitrogens with zero attached hydrogens (tertiary/aromatic N) is 3. The normalized spacial score (nSPS) is 20.2. The van der Waals surface area contributed by atoms with Gasteiger partial charge in [-0.25, -0.2) is 4.98 Å². The molecule has 0 aromatic carbocycles. The van der Waals surface area contributed by atoms with Crippen LogP contribution < -0.4 is 4.90 Å². The van der Waals surface area contributed by atoms with Crippen molar-refractivity contribution in [3.8, 4) is 6.07 Å². The summed E-state index contributed by atoms with van der Waals surface area (Å²) in [7, 11) is 0. The molecule has 1 aromatic heterocycles. The number of halogens is 3. The molecule has 1 fully saturated rings. The number of anilines is 1. The first-order valence-corrected chi connectivity index (χ1v) is 5.76. The number of morpholine rings is 1. The molecule has 4 nitrogen and oxygen atoms in total. The number of pyridine rings is 1. The summed E-state index contributed by atoms with van der Waals surface area (Å²) in [6.45, 7) is 3.08. The lowest BCUT2D eigenvalue weighted by Gasteiger charge is -2.32. The second-order valence-corrected chi connectivity index (χ2v) is 4.30. The predicted octanol–water partition coefficient (Wildman–Crippen LogP) is 2.20. The van der Waals surface area contributed by atoms with Crippen molar-refractivity contribution in [2.24, 2.45) is 0 Å². The van der Waals surface area contributed by atoms with Crippen molar-refractivity contribution < 1.29 is 17.9 Å². The third-order valence-corrected chi connectivity index (χ3v) is 2.83. The first-order valence-electron chi connectivity index (χ1n) is 5.76. The lowest BCUT2D eigenvalue weighted by atomic mass is 10.2. The molecule has 7 heteroatoms. The van der Waals surface area contributed by atoms with E-state index in [9.17, 15) is 13.2 Å². The predicted molar refractivity (Wildman–Crippen MR) is 61.6 cm³/mol. The minimum Gasteiger partial charge on any atom is -0.375 e. The van der Waals surface area contributed by atoms with Crippen molar-refractivity contribution in [2.75, 3.05) is 24.6 Å². The maximum absolute atomic E-state index is 12.7. The highest BCUT2D eigenvalue weighted by molar-refractivity contribution is 5.55. The van der Waals surface area contributed by atoms with Gasteiger partial charge in [0.15, 0.2) is 0 Å². The maximum atomic E-state index is 12.7.